The molecule has 0 aliphatic rings. The first-order chi connectivity index (χ1) is 16.3. The van der Waals surface area contributed by atoms with E-state index in [1.807, 2.05) is 19.1 Å². The second kappa shape index (κ2) is 11.3. The maximum Gasteiger partial charge on any atom is 0.233 e. The second-order valence-corrected chi connectivity index (χ2v) is 8.98. The number of amides is 2. The third-order valence-electron chi connectivity index (χ3n) is 4.92. The van der Waals surface area contributed by atoms with Gasteiger partial charge >= 0.3 is 0 Å². The number of halogens is 1. The van der Waals surface area contributed by atoms with Crippen molar-refractivity contribution < 1.29 is 14.0 Å². The van der Waals surface area contributed by atoms with Crippen LogP contribution in [-0.4, -0.2) is 33.4 Å². The highest BCUT2D eigenvalue weighted by Crippen LogP contribution is 2.25. The molecule has 0 bridgehead atoms. The first-order valence-electron chi connectivity index (χ1n) is 10.6. The SMILES string of the molecule is CC(=O)Nc1ccc(SC(C)C(=O)NCCCc2nn(-c3ccc(F)cc3)c(N)c2C#N)cc1. The normalized spacial score (nSPS) is 11.5. The lowest BCUT2D eigenvalue weighted by Gasteiger charge is -2.12. The maximum absolute atomic E-state index is 13.2. The number of carbonyl (C=O) groups is 2. The lowest BCUT2D eigenvalue weighted by atomic mass is 10.1. The Morgan fingerprint density at radius 3 is 2.50 bits per heavy atom. The Bertz CT molecular complexity index is 1200. The number of aromatic nitrogens is 2. The van der Waals surface area contributed by atoms with Gasteiger partial charge in [0.15, 0.2) is 0 Å². The van der Waals surface area contributed by atoms with Gasteiger partial charge in [-0.2, -0.15) is 10.4 Å². The van der Waals surface area contributed by atoms with Crippen LogP contribution >= 0.6 is 11.8 Å². The number of nitrogens with two attached hydrogens (primary N) is 1. The molecule has 0 spiro atoms. The summed E-state index contributed by atoms with van der Waals surface area (Å²) in [6, 6.07) is 15.0. The van der Waals surface area contributed by atoms with Gasteiger partial charge in [0.25, 0.3) is 0 Å². The van der Waals surface area contributed by atoms with Crippen LogP contribution in [0.1, 0.15) is 31.5 Å². The average molecular weight is 481 g/mol. The van der Waals surface area contributed by atoms with Crippen LogP contribution in [0, 0.1) is 17.1 Å². The number of rotatable bonds is 9. The number of benzene rings is 2. The van der Waals surface area contributed by atoms with E-state index in [0.29, 0.717) is 36.5 Å². The van der Waals surface area contributed by atoms with Crippen LogP contribution in [0.3, 0.4) is 0 Å². The van der Waals surface area contributed by atoms with Crippen LogP contribution in [0.25, 0.3) is 5.69 Å². The molecule has 10 heteroatoms. The minimum atomic E-state index is -0.375. The molecule has 2 amide bonds. The molecule has 8 nitrogen and oxygen atoms in total. The quantitative estimate of drug-likeness (QED) is 0.317. The summed E-state index contributed by atoms with van der Waals surface area (Å²) in [7, 11) is 0. The molecule has 0 fully saturated rings. The number of nitriles is 1. The van der Waals surface area contributed by atoms with Crippen molar-refractivity contribution in [1.82, 2.24) is 15.1 Å². The molecule has 1 heterocycles. The average Bonchev–Trinajstić information content (AvgIpc) is 3.13. The van der Waals surface area contributed by atoms with Gasteiger partial charge in [-0.3, -0.25) is 9.59 Å². The van der Waals surface area contributed by atoms with E-state index in [0.717, 1.165) is 4.90 Å². The van der Waals surface area contributed by atoms with Gasteiger partial charge in [-0.05, 0) is 68.3 Å². The van der Waals surface area contributed by atoms with E-state index in [2.05, 4.69) is 21.8 Å². The molecule has 3 rings (SSSR count). The molecule has 2 aromatic carbocycles. The fourth-order valence-electron chi connectivity index (χ4n) is 3.24. The number of thioether (sulfide) groups is 1. The fraction of sp³-hybridized carbons (Fsp3) is 0.250. The van der Waals surface area contributed by atoms with Gasteiger partial charge in [-0.15, -0.1) is 11.8 Å². The molecule has 0 radical (unpaired) electrons. The van der Waals surface area contributed by atoms with Crippen molar-refractivity contribution in [3.63, 3.8) is 0 Å². The van der Waals surface area contributed by atoms with E-state index in [-0.39, 0.29) is 34.3 Å². The topological polar surface area (TPSA) is 126 Å². The van der Waals surface area contributed by atoms with Crippen LogP contribution in [-0.2, 0) is 16.0 Å². The van der Waals surface area contributed by atoms with Crippen molar-refractivity contribution in [2.75, 3.05) is 17.6 Å². The van der Waals surface area contributed by atoms with E-state index in [1.54, 1.807) is 12.1 Å². The molecule has 3 aromatic rings. The van der Waals surface area contributed by atoms with Crippen molar-refractivity contribution in [2.24, 2.45) is 0 Å². The first kappa shape index (κ1) is 24.8. The smallest absolute Gasteiger partial charge is 0.233 e. The number of nitrogens with zero attached hydrogens (tertiary/aromatic N) is 3. The van der Waals surface area contributed by atoms with E-state index >= 15 is 0 Å². The molecule has 176 valence electrons. The monoisotopic (exact) mass is 480 g/mol. The molecule has 4 N–H and O–H groups in total. The third-order valence-corrected chi connectivity index (χ3v) is 6.03. The molecular weight excluding hydrogens is 455 g/mol. The minimum Gasteiger partial charge on any atom is -0.382 e. The number of aryl methyl sites for hydroxylation is 1. The Morgan fingerprint density at radius 2 is 1.88 bits per heavy atom. The van der Waals surface area contributed by atoms with Crippen molar-refractivity contribution in [3.05, 3.63) is 65.6 Å². The summed E-state index contributed by atoms with van der Waals surface area (Å²) in [4.78, 5) is 24.5. The number of carbonyl (C=O) groups excluding carboxylic acids is 2. The van der Waals surface area contributed by atoms with Gasteiger partial charge in [0.2, 0.25) is 11.8 Å². The van der Waals surface area contributed by atoms with Crippen molar-refractivity contribution in [2.45, 2.75) is 36.8 Å². The predicted molar refractivity (Wildman–Crippen MR) is 130 cm³/mol. The zero-order valence-electron chi connectivity index (χ0n) is 18.8. The number of nitrogen functional groups attached to an aromatic ring is 1. The van der Waals surface area contributed by atoms with Gasteiger partial charge in [0.05, 0.1) is 16.6 Å². The first-order valence-corrected chi connectivity index (χ1v) is 11.5. The van der Waals surface area contributed by atoms with Gasteiger partial charge in [-0.25, -0.2) is 9.07 Å². The van der Waals surface area contributed by atoms with Crippen LogP contribution in [0.4, 0.5) is 15.9 Å². The molecule has 0 aliphatic carbocycles. The molecule has 1 atom stereocenters. The fourth-order valence-corrected chi connectivity index (χ4v) is 4.13. The Labute approximate surface area is 201 Å². The Kier molecular flexibility index (Phi) is 8.27. The number of nitrogens with one attached hydrogen (secondary N) is 2. The summed E-state index contributed by atoms with van der Waals surface area (Å²) in [5.74, 6) is -0.421. The lowest BCUT2D eigenvalue weighted by molar-refractivity contribution is -0.120. The molecular formula is C24H25FN6O2S. The lowest BCUT2D eigenvalue weighted by Crippen LogP contribution is -2.31. The van der Waals surface area contributed by atoms with Crippen LogP contribution < -0.4 is 16.4 Å². The van der Waals surface area contributed by atoms with E-state index < -0.39 is 0 Å². The number of hydrogen-bond donors (Lipinski definition) is 3. The van der Waals surface area contributed by atoms with Crippen molar-refractivity contribution in [1.29, 1.82) is 5.26 Å². The summed E-state index contributed by atoms with van der Waals surface area (Å²) < 4.78 is 14.6. The molecule has 0 saturated heterocycles. The highest BCUT2D eigenvalue weighted by Gasteiger charge is 2.17. The zero-order valence-corrected chi connectivity index (χ0v) is 19.7. The summed E-state index contributed by atoms with van der Waals surface area (Å²) in [6.07, 6.45) is 1.02. The van der Waals surface area contributed by atoms with Crippen molar-refractivity contribution >= 4 is 35.1 Å². The van der Waals surface area contributed by atoms with E-state index in [9.17, 15) is 19.2 Å². The molecule has 1 unspecified atom stereocenters. The molecule has 1 aromatic heterocycles. The van der Waals surface area contributed by atoms with E-state index in [4.69, 9.17) is 5.73 Å². The number of anilines is 2. The predicted octanol–water partition coefficient (Wildman–Crippen LogP) is 3.65. The van der Waals surface area contributed by atoms with Crippen molar-refractivity contribution in [3.8, 4) is 11.8 Å². The van der Waals surface area contributed by atoms with Gasteiger partial charge in [-0.1, -0.05) is 0 Å². The van der Waals surface area contributed by atoms with Crippen LogP contribution in [0.2, 0.25) is 0 Å². The summed E-state index contributed by atoms with van der Waals surface area (Å²) in [6.45, 7) is 3.68. The Balaban J connectivity index is 1.51. The van der Waals surface area contributed by atoms with E-state index in [1.165, 1.54) is 47.6 Å². The highest BCUT2D eigenvalue weighted by molar-refractivity contribution is 8.00. The molecule has 0 aliphatic heterocycles. The van der Waals surface area contributed by atoms with Crippen LogP contribution in [0.5, 0.6) is 0 Å². The van der Waals surface area contributed by atoms with Gasteiger partial charge < -0.3 is 16.4 Å². The van der Waals surface area contributed by atoms with Gasteiger partial charge in [0.1, 0.15) is 23.3 Å². The minimum absolute atomic E-state index is 0.104. The van der Waals surface area contributed by atoms with Gasteiger partial charge in [0, 0.05) is 24.1 Å². The Morgan fingerprint density at radius 1 is 1.21 bits per heavy atom. The Hall–Kier alpha value is -3.84. The largest absolute Gasteiger partial charge is 0.382 e. The summed E-state index contributed by atoms with van der Waals surface area (Å²) >= 11 is 1.42. The zero-order chi connectivity index (χ0) is 24.7. The standard InChI is InChI=1S/C24H25FN6O2S/c1-15(34-20-11-7-18(8-12-20)29-16(2)32)24(33)28-13-3-4-22-21(14-26)23(27)31(30-22)19-9-5-17(25)6-10-19/h5-12,15H,3-4,13,27H2,1-2H3,(H,28,33)(H,29,32). The second-order valence-electron chi connectivity index (χ2n) is 7.57. The highest BCUT2D eigenvalue weighted by atomic mass is 32.2. The maximum atomic E-state index is 13.2. The molecule has 34 heavy (non-hydrogen) atoms. The molecule has 0 saturated carbocycles. The van der Waals surface area contributed by atoms with Crippen LogP contribution in [0.15, 0.2) is 53.4 Å². The summed E-state index contributed by atoms with van der Waals surface area (Å²) in [5, 5.41) is 19.2. The number of hydrogen-bond acceptors (Lipinski definition) is 6. The summed E-state index contributed by atoms with van der Waals surface area (Å²) in [5.41, 5.74) is 8.15. The third kappa shape index (κ3) is 6.36.